The summed E-state index contributed by atoms with van der Waals surface area (Å²) >= 11 is 3.08. The zero-order valence-electron chi connectivity index (χ0n) is 7.93. The normalized spacial score (nSPS) is 9.40. The molecule has 5 nitrogen and oxygen atoms in total. The second-order valence-corrected chi connectivity index (χ2v) is 3.60. The fourth-order valence-corrected chi connectivity index (χ4v) is 1.31. The van der Waals surface area contributed by atoms with Gasteiger partial charge in [-0.2, -0.15) is 5.26 Å². The highest BCUT2D eigenvalue weighted by molar-refractivity contribution is 9.10. The van der Waals surface area contributed by atoms with E-state index in [1.54, 1.807) is 13.0 Å². The van der Waals surface area contributed by atoms with Crippen molar-refractivity contribution in [2.45, 2.75) is 6.92 Å². The first-order valence-electron chi connectivity index (χ1n) is 4.11. The SMILES string of the molecule is Cc1[nH]cc(C(=O)NCC#N)c(=O)c1Br. The quantitative estimate of drug-likeness (QED) is 0.775. The van der Waals surface area contributed by atoms with Gasteiger partial charge in [0.05, 0.1) is 10.5 Å². The number of aryl methyl sites for hydroxylation is 1. The number of nitrogens with zero attached hydrogens (tertiary/aromatic N) is 1. The van der Waals surface area contributed by atoms with Crippen LogP contribution >= 0.6 is 15.9 Å². The average Bonchev–Trinajstić information content (AvgIpc) is 2.23. The van der Waals surface area contributed by atoms with Crippen LogP contribution in [0.3, 0.4) is 0 Å². The molecule has 0 fully saturated rings. The molecule has 1 aromatic heterocycles. The number of carbonyl (C=O) groups excluding carboxylic acids is 1. The van der Waals surface area contributed by atoms with Crippen molar-refractivity contribution in [1.29, 1.82) is 5.26 Å². The largest absolute Gasteiger partial charge is 0.363 e. The maximum atomic E-state index is 11.6. The highest BCUT2D eigenvalue weighted by atomic mass is 79.9. The molecule has 0 saturated heterocycles. The van der Waals surface area contributed by atoms with Gasteiger partial charge in [0, 0.05) is 11.9 Å². The molecule has 0 atom stereocenters. The molecule has 1 heterocycles. The minimum atomic E-state index is -0.557. The van der Waals surface area contributed by atoms with Crippen LogP contribution in [0.15, 0.2) is 15.5 Å². The average molecular weight is 270 g/mol. The van der Waals surface area contributed by atoms with Gasteiger partial charge in [-0.05, 0) is 22.9 Å². The van der Waals surface area contributed by atoms with Crippen LogP contribution in [0, 0.1) is 18.3 Å². The predicted octanol–water partition coefficient (Wildman–Crippen LogP) is 0.699. The Bertz CT molecular complexity index is 487. The number of nitriles is 1. The summed E-state index contributed by atoms with van der Waals surface area (Å²) in [6.07, 6.45) is 1.33. The smallest absolute Gasteiger partial charge is 0.257 e. The summed E-state index contributed by atoms with van der Waals surface area (Å²) in [5.74, 6) is -0.557. The van der Waals surface area contributed by atoms with Crippen LogP contribution < -0.4 is 10.7 Å². The lowest BCUT2D eigenvalue weighted by Crippen LogP contribution is -2.29. The molecule has 1 rings (SSSR count). The molecule has 0 unspecified atom stereocenters. The Balaban J connectivity index is 3.07. The van der Waals surface area contributed by atoms with Gasteiger partial charge in [0.15, 0.2) is 0 Å². The monoisotopic (exact) mass is 269 g/mol. The molecule has 0 aliphatic heterocycles. The van der Waals surface area contributed by atoms with Gasteiger partial charge in [-0.25, -0.2) is 0 Å². The Morgan fingerprint density at radius 2 is 2.40 bits per heavy atom. The Morgan fingerprint density at radius 1 is 1.73 bits per heavy atom. The Kier molecular flexibility index (Phi) is 3.63. The van der Waals surface area contributed by atoms with Crippen molar-refractivity contribution in [2.24, 2.45) is 0 Å². The molecule has 2 N–H and O–H groups in total. The molecule has 0 aromatic carbocycles. The standard InChI is InChI=1S/C9H8BrN3O2/c1-5-7(10)8(14)6(4-13-5)9(15)12-3-2-11/h4H,3H2,1H3,(H,12,15)(H,13,14). The van der Waals surface area contributed by atoms with Gasteiger partial charge in [-0.1, -0.05) is 0 Å². The molecule has 0 bridgehead atoms. The third-order valence-corrected chi connectivity index (χ3v) is 2.73. The van der Waals surface area contributed by atoms with E-state index in [1.165, 1.54) is 6.20 Å². The van der Waals surface area contributed by atoms with Crippen LogP contribution in [-0.2, 0) is 0 Å². The van der Waals surface area contributed by atoms with Crippen LogP contribution in [-0.4, -0.2) is 17.4 Å². The van der Waals surface area contributed by atoms with E-state index < -0.39 is 5.91 Å². The summed E-state index contributed by atoms with van der Waals surface area (Å²) in [7, 11) is 0. The number of nitrogens with one attached hydrogen (secondary N) is 2. The molecule has 0 saturated carbocycles. The van der Waals surface area contributed by atoms with Crippen molar-refractivity contribution >= 4 is 21.8 Å². The number of aromatic amines is 1. The summed E-state index contributed by atoms with van der Waals surface area (Å²) in [6.45, 7) is 1.59. The molecule has 0 aliphatic carbocycles. The molecule has 78 valence electrons. The highest BCUT2D eigenvalue weighted by Crippen LogP contribution is 2.08. The van der Waals surface area contributed by atoms with Gasteiger partial charge < -0.3 is 10.3 Å². The summed E-state index contributed by atoms with van der Waals surface area (Å²) < 4.78 is 0.326. The van der Waals surface area contributed by atoms with Gasteiger partial charge in [0.25, 0.3) is 5.91 Å². The fourth-order valence-electron chi connectivity index (χ4n) is 0.982. The van der Waals surface area contributed by atoms with Crippen molar-refractivity contribution in [1.82, 2.24) is 10.3 Å². The van der Waals surface area contributed by atoms with E-state index in [1.807, 2.05) is 0 Å². The molecule has 0 radical (unpaired) electrons. The summed E-state index contributed by atoms with van der Waals surface area (Å²) in [5.41, 5.74) is 0.251. The zero-order valence-corrected chi connectivity index (χ0v) is 9.51. The number of carbonyl (C=O) groups is 1. The minimum Gasteiger partial charge on any atom is -0.363 e. The lowest BCUT2D eigenvalue weighted by atomic mass is 10.2. The van der Waals surface area contributed by atoms with Crippen molar-refractivity contribution in [3.05, 3.63) is 32.2 Å². The van der Waals surface area contributed by atoms with Crippen molar-refractivity contribution in [3.63, 3.8) is 0 Å². The van der Waals surface area contributed by atoms with Gasteiger partial charge in [-0.3, -0.25) is 9.59 Å². The zero-order chi connectivity index (χ0) is 11.4. The Morgan fingerprint density at radius 3 is 3.00 bits per heavy atom. The number of hydrogen-bond donors (Lipinski definition) is 2. The number of hydrogen-bond acceptors (Lipinski definition) is 3. The molecule has 0 spiro atoms. The number of rotatable bonds is 2. The van der Waals surface area contributed by atoms with Gasteiger partial charge in [0.2, 0.25) is 5.43 Å². The maximum absolute atomic E-state index is 11.6. The van der Waals surface area contributed by atoms with E-state index in [9.17, 15) is 9.59 Å². The lowest BCUT2D eigenvalue weighted by Gasteiger charge is -2.02. The maximum Gasteiger partial charge on any atom is 0.257 e. The third-order valence-electron chi connectivity index (χ3n) is 1.78. The van der Waals surface area contributed by atoms with Crippen LogP contribution in [0.5, 0.6) is 0 Å². The summed E-state index contributed by atoms with van der Waals surface area (Å²) in [6, 6.07) is 1.76. The molecule has 0 aliphatic rings. The van der Waals surface area contributed by atoms with Crippen LogP contribution in [0.25, 0.3) is 0 Å². The van der Waals surface area contributed by atoms with Crippen LogP contribution in [0.4, 0.5) is 0 Å². The van der Waals surface area contributed by atoms with Crippen molar-refractivity contribution < 1.29 is 4.79 Å². The van der Waals surface area contributed by atoms with Crippen molar-refractivity contribution in [2.75, 3.05) is 6.54 Å². The van der Waals surface area contributed by atoms with E-state index in [0.717, 1.165) is 0 Å². The number of halogens is 1. The summed E-state index contributed by atoms with van der Waals surface area (Å²) in [4.78, 5) is 25.7. The topological polar surface area (TPSA) is 85.8 Å². The van der Waals surface area contributed by atoms with E-state index in [0.29, 0.717) is 10.2 Å². The minimum absolute atomic E-state index is 0.0114. The highest BCUT2D eigenvalue weighted by Gasteiger charge is 2.12. The molecule has 1 aromatic rings. The Labute approximate surface area is 94.2 Å². The lowest BCUT2D eigenvalue weighted by molar-refractivity contribution is 0.0957. The number of aromatic nitrogens is 1. The molecular weight excluding hydrogens is 262 g/mol. The number of amides is 1. The second-order valence-electron chi connectivity index (χ2n) is 2.81. The molecule has 6 heteroatoms. The van der Waals surface area contributed by atoms with Crippen LogP contribution in [0.2, 0.25) is 0 Å². The fraction of sp³-hybridized carbons (Fsp3) is 0.222. The van der Waals surface area contributed by atoms with E-state index in [2.05, 4.69) is 26.2 Å². The van der Waals surface area contributed by atoms with Gasteiger partial charge in [0.1, 0.15) is 12.1 Å². The van der Waals surface area contributed by atoms with E-state index in [-0.39, 0.29) is 17.5 Å². The number of H-pyrrole nitrogens is 1. The number of pyridine rings is 1. The summed E-state index contributed by atoms with van der Waals surface area (Å²) in [5, 5.41) is 10.6. The first kappa shape index (κ1) is 11.5. The first-order valence-corrected chi connectivity index (χ1v) is 4.90. The molecule has 15 heavy (non-hydrogen) atoms. The first-order chi connectivity index (χ1) is 7.07. The van der Waals surface area contributed by atoms with E-state index in [4.69, 9.17) is 5.26 Å². The predicted molar refractivity (Wildman–Crippen MR) is 57.4 cm³/mol. The van der Waals surface area contributed by atoms with E-state index >= 15 is 0 Å². The molecule has 1 amide bonds. The third kappa shape index (κ3) is 2.44. The second kappa shape index (κ2) is 4.75. The van der Waals surface area contributed by atoms with Gasteiger partial charge in [-0.15, -0.1) is 0 Å². The Hall–Kier alpha value is -1.61. The van der Waals surface area contributed by atoms with Crippen molar-refractivity contribution in [3.8, 4) is 6.07 Å². The van der Waals surface area contributed by atoms with Gasteiger partial charge >= 0.3 is 0 Å². The molecular formula is C9H8BrN3O2. The van der Waals surface area contributed by atoms with Crippen LogP contribution in [0.1, 0.15) is 16.1 Å².